The van der Waals surface area contributed by atoms with Gasteiger partial charge in [0.05, 0.1) is 0 Å². The Morgan fingerprint density at radius 2 is 1.88 bits per heavy atom. The molecule has 1 aromatic rings. The maximum absolute atomic E-state index is 2.64. The molecule has 92 valence electrons. The average Bonchev–Trinajstić information content (AvgIpc) is 2.82. The number of halogens is 1. The van der Waals surface area contributed by atoms with Gasteiger partial charge in [-0.25, -0.2) is 0 Å². The summed E-state index contributed by atoms with van der Waals surface area (Å²) in [6.45, 7) is 0.125. The van der Waals surface area contributed by atoms with E-state index in [9.17, 15) is 0 Å². The molecular formula is C14H21ClHfSi. The molecule has 0 nitrogen and oxygen atoms in total. The predicted molar refractivity (Wildman–Crippen MR) is 79.5 cm³/mol. The van der Waals surface area contributed by atoms with Crippen LogP contribution in [0.5, 0.6) is 0 Å². The zero-order valence-electron chi connectivity index (χ0n) is 10.6. The Balaban J connectivity index is 0.00000144. The number of allylic oxidation sites excluding steroid dienone is 4. The van der Waals surface area contributed by atoms with Gasteiger partial charge < -0.3 is 0 Å². The van der Waals surface area contributed by atoms with Crippen molar-refractivity contribution in [1.29, 1.82) is 0 Å². The molecule has 0 fully saturated rings. The standard InChI is InChI=1S/C7H9Si.C5H5.2CH3.ClH.Hf/c8-6-7-4-2-1-3-5-7;1-2-4-5-3-1;;;;/h1-5H,6,8H2;1-3H,4H2;2*1H3;1H;. The molecular weight excluding hydrogens is 410 g/mol. The van der Waals surface area contributed by atoms with Gasteiger partial charge in [0, 0.05) is 0 Å². The van der Waals surface area contributed by atoms with Gasteiger partial charge in [-0.2, -0.15) is 0 Å². The molecule has 1 aliphatic carbocycles. The van der Waals surface area contributed by atoms with Crippen LogP contribution in [0.2, 0.25) is 9.36 Å². The zero-order valence-corrected chi connectivity index (χ0v) is 16.5. The van der Waals surface area contributed by atoms with Crippen molar-refractivity contribution in [3.8, 4) is 0 Å². The van der Waals surface area contributed by atoms with Crippen molar-refractivity contribution in [2.45, 2.75) is 21.8 Å². The summed E-state index contributed by atoms with van der Waals surface area (Å²) in [7, 11) is 0. The molecule has 0 bridgehead atoms. The van der Waals surface area contributed by atoms with Crippen LogP contribution in [0.25, 0.3) is 0 Å². The Morgan fingerprint density at radius 1 is 1.18 bits per heavy atom. The van der Waals surface area contributed by atoms with E-state index in [1.807, 2.05) is 3.33 Å². The van der Waals surface area contributed by atoms with Crippen molar-refractivity contribution in [3.63, 3.8) is 0 Å². The van der Waals surface area contributed by atoms with Crippen LogP contribution in [0.3, 0.4) is 0 Å². The van der Waals surface area contributed by atoms with E-state index in [2.05, 4.69) is 57.9 Å². The molecule has 1 aromatic carbocycles. The van der Waals surface area contributed by atoms with Crippen LogP contribution in [0.4, 0.5) is 0 Å². The third-order valence-corrected chi connectivity index (χ3v) is 33.1. The van der Waals surface area contributed by atoms with E-state index < -0.39 is 19.1 Å². The normalized spacial score (nSPS) is 15.1. The minimum atomic E-state index is -1.91. The fourth-order valence-electron chi connectivity index (χ4n) is 2.21. The first-order chi connectivity index (χ1) is 7.68. The Hall–Kier alpha value is 0.0770. The van der Waals surface area contributed by atoms with E-state index in [4.69, 9.17) is 0 Å². The zero-order chi connectivity index (χ0) is 11.4. The number of benzene rings is 1. The Morgan fingerprint density at radius 3 is 2.47 bits per heavy atom. The molecule has 0 aromatic heterocycles. The minimum absolute atomic E-state index is 0. The van der Waals surface area contributed by atoms with Gasteiger partial charge in [0.25, 0.3) is 0 Å². The van der Waals surface area contributed by atoms with Gasteiger partial charge in [0.1, 0.15) is 0 Å². The molecule has 1 aliphatic rings. The van der Waals surface area contributed by atoms with Gasteiger partial charge in [0.2, 0.25) is 0 Å². The quantitative estimate of drug-likeness (QED) is 0.637. The molecule has 17 heavy (non-hydrogen) atoms. The fourth-order valence-corrected chi connectivity index (χ4v) is 23.6. The predicted octanol–water partition coefficient (Wildman–Crippen LogP) is 3.79. The molecule has 0 amide bonds. The Bertz CT molecular complexity index is 409. The van der Waals surface area contributed by atoms with Crippen molar-refractivity contribution in [2.75, 3.05) is 0 Å². The second-order valence-electron chi connectivity index (χ2n) is 5.19. The summed E-state index contributed by atoms with van der Waals surface area (Å²) < 4.78 is 7.14. The summed E-state index contributed by atoms with van der Waals surface area (Å²) in [5, 5.41) is 0. The molecule has 0 spiro atoms. The summed E-state index contributed by atoms with van der Waals surface area (Å²) in [6, 6.07) is 12.4. The third kappa shape index (κ3) is 4.35. The Kier molecular flexibility index (Phi) is 6.11. The summed E-state index contributed by atoms with van der Waals surface area (Å²) in [4.78, 5) is 0. The van der Waals surface area contributed by atoms with Gasteiger partial charge >= 0.3 is 105 Å². The van der Waals surface area contributed by atoms with E-state index in [0.29, 0.717) is 0 Å². The molecule has 0 radical (unpaired) electrons. The van der Waals surface area contributed by atoms with Crippen molar-refractivity contribution < 1.29 is 19.1 Å². The second kappa shape index (κ2) is 6.86. The number of hydrogen-bond donors (Lipinski definition) is 0. The summed E-state index contributed by atoms with van der Waals surface area (Å²) >= 11 is -1.91. The number of hydrogen-bond acceptors (Lipinski definition) is 0. The summed E-state index contributed by atoms with van der Waals surface area (Å²) in [6.07, 6.45) is 8.28. The summed E-state index contributed by atoms with van der Waals surface area (Å²) in [5.41, 5.74) is 1.56. The SMILES string of the molecule is Cl.[CH3][Hf]([CH3])([SiH2]Cc1ccccc1)[C]1=CC=CC1. The van der Waals surface area contributed by atoms with Crippen LogP contribution in [0.15, 0.2) is 51.9 Å². The second-order valence-corrected chi connectivity index (χ2v) is 41.9. The van der Waals surface area contributed by atoms with Crippen LogP contribution in [0.1, 0.15) is 12.0 Å². The van der Waals surface area contributed by atoms with Crippen LogP contribution in [-0.4, -0.2) is 6.71 Å². The van der Waals surface area contributed by atoms with E-state index >= 15 is 0 Å². The van der Waals surface area contributed by atoms with Gasteiger partial charge in [-0.05, 0) is 0 Å². The average molecular weight is 431 g/mol. The van der Waals surface area contributed by atoms with Crippen LogP contribution >= 0.6 is 12.4 Å². The van der Waals surface area contributed by atoms with Crippen LogP contribution < -0.4 is 0 Å². The number of rotatable bonds is 4. The van der Waals surface area contributed by atoms with Gasteiger partial charge in [-0.3, -0.25) is 0 Å². The monoisotopic (exact) mass is 432 g/mol. The first-order valence-electron chi connectivity index (χ1n) is 6.08. The topological polar surface area (TPSA) is 0 Å². The molecule has 0 heterocycles. The fraction of sp³-hybridized carbons (Fsp3) is 0.286. The summed E-state index contributed by atoms with van der Waals surface area (Å²) in [5.74, 6) is 0. The van der Waals surface area contributed by atoms with E-state index in [0.717, 1.165) is 0 Å². The van der Waals surface area contributed by atoms with Crippen molar-refractivity contribution in [3.05, 3.63) is 57.5 Å². The molecule has 0 saturated carbocycles. The molecule has 0 atom stereocenters. The molecule has 0 aliphatic heterocycles. The van der Waals surface area contributed by atoms with Crippen LogP contribution in [-0.2, 0) is 25.2 Å². The van der Waals surface area contributed by atoms with Gasteiger partial charge in [-0.15, -0.1) is 12.4 Å². The van der Waals surface area contributed by atoms with E-state index in [1.54, 1.807) is 5.56 Å². The molecule has 3 heteroatoms. The first kappa shape index (κ1) is 15.1. The first-order valence-corrected chi connectivity index (χ1v) is 24.4. The van der Waals surface area contributed by atoms with E-state index in [1.165, 1.54) is 12.5 Å². The third-order valence-electron chi connectivity index (χ3n) is 3.52. The van der Waals surface area contributed by atoms with Crippen molar-refractivity contribution in [2.24, 2.45) is 0 Å². The van der Waals surface area contributed by atoms with Crippen molar-refractivity contribution in [1.82, 2.24) is 0 Å². The van der Waals surface area contributed by atoms with Crippen LogP contribution in [0, 0.1) is 0 Å². The molecule has 2 rings (SSSR count). The molecule has 0 unspecified atom stereocenters. The van der Waals surface area contributed by atoms with E-state index in [-0.39, 0.29) is 19.1 Å². The van der Waals surface area contributed by atoms with Gasteiger partial charge in [0.15, 0.2) is 0 Å². The van der Waals surface area contributed by atoms with Gasteiger partial charge in [-0.1, -0.05) is 0 Å². The molecule has 0 saturated heterocycles. The van der Waals surface area contributed by atoms with Crippen molar-refractivity contribution >= 4 is 19.1 Å². The Labute approximate surface area is 117 Å². The molecule has 0 N–H and O–H groups in total. The maximum atomic E-state index is 2.64.